The fraction of sp³-hybridized carbons (Fsp3) is 0. The predicted molar refractivity (Wildman–Crippen MR) is 43.0 cm³/mol. The third kappa shape index (κ3) is 3.20. The van der Waals surface area contributed by atoms with Crippen molar-refractivity contribution in [3.8, 4) is 0 Å². The Kier molecular flexibility index (Phi) is 5.42. The summed E-state index contributed by atoms with van der Waals surface area (Å²) in [5.74, 6) is -1.88. The molecule has 0 atom stereocenters. The third-order valence-electron chi connectivity index (χ3n) is 1.42. The van der Waals surface area contributed by atoms with Crippen LogP contribution in [-0.4, -0.2) is 17.0 Å². The SMILES string of the molecule is NC(=O)c1ccccc1C(=O)O.[H-].[K+]. The van der Waals surface area contributed by atoms with Crippen molar-refractivity contribution in [2.75, 3.05) is 0 Å². The number of primary amides is 1. The smallest absolute Gasteiger partial charge is 1.00 e. The minimum atomic E-state index is -1.15. The number of hydrogen-bond acceptors (Lipinski definition) is 2. The van der Waals surface area contributed by atoms with Crippen LogP contribution in [0.25, 0.3) is 0 Å². The average Bonchev–Trinajstić information content (AvgIpc) is 2.04. The molecule has 4 nitrogen and oxygen atoms in total. The summed E-state index contributed by atoms with van der Waals surface area (Å²) in [6.07, 6.45) is 0. The fourth-order valence-electron chi connectivity index (χ4n) is 0.884. The number of benzene rings is 1. The van der Waals surface area contributed by atoms with E-state index in [2.05, 4.69) is 0 Å². The van der Waals surface area contributed by atoms with E-state index in [-0.39, 0.29) is 63.9 Å². The van der Waals surface area contributed by atoms with Gasteiger partial charge in [0.2, 0.25) is 5.91 Å². The molecule has 64 valence electrons. The molecule has 0 aliphatic heterocycles. The quantitative estimate of drug-likeness (QED) is 0.528. The normalized spacial score (nSPS) is 8.62. The summed E-state index contributed by atoms with van der Waals surface area (Å²) in [5.41, 5.74) is 4.92. The fourth-order valence-corrected chi connectivity index (χ4v) is 0.884. The number of hydrogen-bond donors (Lipinski definition) is 2. The first-order valence-corrected chi connectivity index (χ1v) is 3.25. The van der Waals surface area contributed by atoms with E-state index in [1.807, 2.05) is 0 Å². The molecule has 0 heterocycles. The van der Waals surface area contributed by atoms with Crippen molar-refractivity contribution in [3.63, 3.8) is 0 Å². The Balaban J connectivity index is 0. The number of carboxylic acid groups (broad SMARTS) is 1. The van der Waals surface area contributed by atoms with Crippen molar-refractivity contribution in [2.45, 2.75) is 0 Å². The molecule has 0 aliphatic rings. The van der Waals surface area contributed by atoms with Crippen molar-refractivity contribution in [1.82, 2.24) is 0 Å². The third-order valence-corrected chi connectivity index (χ3v) is 1.42. The van der Waals surface area contributed by atoms with Crippen LogP contribution in [0, 0.1) is 0 Å². The Morgan fingerprint density at radius 2 is 1.69 bits per heavy atom. The summed E-state index contributed by atoms with van der Waals surface area (Å²) >= 11 is 0. The molecule has 0 aliphatic carbocycles. The number of carbonyl (C=O) groups is 2. The summed E-state index contributed by atoms with van der Waals surface area (Å²) in [6, 6.07) is 5.82. The zero-order valence-electron chi connectivity index (χ0n) is 8.15. The van der Waals surface area contributed by atoms with Crippen LogP contribution in [-0.2, 0) is 0 Å². The minimum absolute atomic E-state index is 0. The molecule has 0 saturated heterocycles. The van der Waals surface area contributed by atoms with Crippen molar-refractivity contribution >= 4 is 11.9 Å². The minimum Gasteiger partial charge on any atom is -1.00 e. The number of nitrogens with two attached hydrogens (primary N) is 1. The molecule has 0 saturated carbocycles. The van der Waals surface area contributed by atoms with E-state index >= 15 is 0 Å². The Morgan fingerprint density at radius 1 is 1.23 bits per heavy atom. The van der Waals surface area contributed by atoms with Gasteiger partial charge in [0.15, 0.2) is 0 Å². The first-order valence-electron chi connectivity index (χ1n) is 3.25. The molecular formula is C8H8KNO3. The van der Waals surface area contributed by atoms with Gasteiger partial charge in [0, 0.05) is 0 Å². The van der Waals surface area contributed by atoms with Crippen molar-refractivity contribution in [2.24, 2.45) is 5.73 Å². The Bertz CT molecular complexity index is 310. The molecular weight excluding hydrogens is 197 g/mol. The van der Waals surface area contributed by atoms with E-state index in [4.69, 9.17) is 10.8 Å². The van der Waals surface area contributed by atoms with Crippen LogP contribution in [0.4, 0.5) is 0 Å². The van der Waals surface area contributed by atoms with Gasteiger partial charge >= 0.3 is 57.4 Å². The second kappa shape index (κ2) is 5.51. The van der Waals surface area contributed by atoms with E-state index in [9.17, 15) is 9.59 Å². The maximum atomic E-state index is 10.7. The number of carboxylic acids is 1. The molecule has 1 rings (SSSR count). The van der Waals surface area contributed by atoms with Gasteiger partial charge < -0.3 is 12.3 Å². The molecule has 0 unspecified atom stereocenters. The second-order valence-corrected chi connectivity index (χ2v) is 2.21. The molecule has 1 amide bonds. The number of carbonyl (C=O) groups excluding carboxylic acids is 1. The average molecular weight is 205 g/mol. The molecule has 0 spiro atoms. The van der Waals surface area contributed by atoms with Gasteiger partial charge in [-0.25, -0.2) is 4.79 Å². The zero-order chi connectivity index (χ0) is 9.14. The topological polar surface area (TPSA) is 80.4 Å². The Labute approximate surface area is 119 Å². The Hall–Kier alpha value is -0.204. The predicted octanol–water partition coefficient (Wildman–Crippen LogP) is -2.40. The first-order chi connectivity index (χ1) is 5.63. The van der Waals surface area contributed by atoms with Gasteiger partial charge in [-0.05, 0) is 12.1 Å². The molecule has 0 aromatic heterocycles. The first kappa shape index (κ1) is 12.8. The van der Waals surface area contributed by atoms with Gasteiger partial charge in [0.05, 0.1) is 11.1 Å². The van der Waals surface area contributed by atoms with E-state index < -0.39 is 11.9 Å². The summed E-state index contributed by atoms with van der Waals surface area (Å²) in [4.78, 5) is 21.2. The van der Waals surface area contributed by atoms with Crippen LogP contribution in [0.1, 0.15) is 22.1 Å². The van der Waals surface area contributed by atoms with Crippen LogP contribution in [0.3, 0.4) is 0 Å². The van der Waals surface area contributed by atoms with Gasteiger partial charge in [-0.1, -0.05) is 12.1 Å². The molecule has 3 N–H and O–H groups in total. The van der Waals surface area contributed by atoms with E-state index in [1.165, 1.54) is 18.2 Å². The van der Waals surface area contributed by atoms with E-state index in [1.54, 1.807) is 6.07 Å². The number of amides is 1. The summed E-state index contributed by atoms with van der Waals surface area (Å²) in [6.45, 7) is 0. The summed E-state index contributed by atoms with van der Waals surface area (Å²) in [5, 5.41) is 8.61. The van der Waals surface area contributed by atoms with Gasteiger partial charge in [-0.15, -0.1) is 0 Å². The van der Waals surface area contributed by atoms with E-state index in [0.29, 0.717) is 0 Å². The van der Waals surface area contributed by atoms with Gasteiger partial charge in [0.1, 0.15) is 0 Å². The van der Waals surface area contributed by atoms with Crippen molar-refractivity contribution < 1.29 is 67.5 Å². The zero-order valence-corrected chi connectivity index (χ0v) is 10.3. The van der Waals surface area contributed by atoms with Gasteiger partial charge in [-0.2, -0.15) is 0 Å². The number of rotatable bonds is 2. The Morgan fingerprint density at radius 3 is 2.00 bits per heavy atom. The van der Waals surface area contributed by atoms with Crippen LogP contribution in [0.15, 0.2) is 24.3 Å². The van der Waals surface area contributed by atoms with Gasteiger partial charge in [-0.3, -0.25) is 4.79 Å². The molecule has 1 aromatic rings. The molecule has 0 fully saturated rings. The molecule has 1 aromatic carbocycles. The maximum absolute atomic E-state index is 10.7. The molecule has 0 bridgehead atoms. The number of aromatic carboxylic acids is 1. The van der Waals surface area contributed by atoms with Crippen LogP contribution >= 0.6 is 0 Å². The summed E-state index contributed by atoms with van der Waals surface area (Å²) < 4.78 is 0. The molecule has 5 heteroatoms. The monoisotopic (exact) mass is 205 g/mol. The standard InChI is InChI=1S/C8H7NO3.K.H/c9-7(10)5-3-1-2-4-6(5)8(11)12;;/h1-4H,(H2,9,10)(H,11,12);;/q;+1;-1. The largest absolute Gasteiger partial charge is 1.00 e. The van der Waals surface area contributed by atoms with Crippen molar-refractivity contribution in [1.29, 1.82) is 0 Å². The van der Waals surface area contributed by atoms with Gasteiger partial charge in [0.25, 0.3) is 0 Å². The van der Waals surface area contributed by atoms with Crippen molar-refractivity contribution in [3.05, 3.63) is 35.4 Å². The van der Waals surface area contributed by atoms with Crippen LogP contribution < -0.4 is 57.1 Å². The molecule has 0 radical (unpaired) electrons. The maximum Gasteiger partial charge on any atom is 1.00 e. The van der Waals surface area contributed by atoms with Crippen LogP contribution in [0.2, 0.25) is 0 Å². The van der Waals surface area contributed by atoms with E-state index in [0.717, 1.165) is 0 Å². The summed E-state index contributed by atoms with van der Waals surface area (Å²) in [7, 11) is 0. The molecule has 13 heavy (non-hydrogen) atoms. The second-order valence-electron chi connectivity index (χ2n) is 2.21. The van der Waals surface area contributed by atoms with Crippen LogP contribution in [0.5, 0.6) is 0 Å².